The molecule has 1 aliphatic rings. The van der Waals surface area contributed by atoms with Gasteiger partial charge in [0.15, 0.2) is 0 Å². The van der Waals surface area contributed by atoms with Crippen LogP contribution in [0.1, 0.15) is 42.5 Å². The van der Waals surface area contributed by atoms with Crippen molar-refractivity contribution in [1.82, 2.24) is 15.1 Å². The van der Waals surface area contributed by atoms with Gasteiger partial charge in [-0.15, -0.1) is 0 Å². The van der Waals surface area contributed by atoms with E-state index in [1.807, 2.05) is 0 Å². The lowest BCUT2D eigenvalue weighted by Gasteiger charge is -2.26. The SMILES string of the molecule is CCCCc1ccc(S(=O)(=O)N2Cc3ccc(C(F)(F)F)nc3Nc3cccc(-c4noc(CO)n4)c32)cc1. The summed E-state index contributed by atoms with van der Waals surface area (Å²) in [7, 11) is -4.24. The second kappa shape index (κ2) is 10.3. The van der Waals surface area contributed by atoms with Crippen molar-refractivity contribution < 1.29 is 31.2 Å². The second-order valence-electron chi connectivity index (χ2n) is 8.96. The van der Waals surface area contributed by atoms with Crippen molar-refractivity contribution >= 4 is 27.2 Å². The molecule has 0 amide bonds. The van der Waals surface area contributed by atoms with Crippen LogP contribution in [0.2, 0.25) is 0 Å². The summed E-state index contributed by atoms with van der Waals surface area (Å²) in [5.74, 6) is -0.205. The van der Waals surface area contributed by atoms with Crippen molar-refractivity contribution in [2.24, 2.45) is 0 Å². The lowest BCUT2D eigenvalue weighted by molar-refractivity contribution is -0.141. The molecule has 0 bridgehead atoms. The lowest BCUT2D eigenvalue weighted by Crippen LogP contribution is -2.31. The number of aryl methyl sites for hydroxylation is 1. The van der Waals surface area contributed by atoms with Gasteiger partial charge in [-0.25, -0.2) is 13.4 Å². The van der Waals surface area contributed by atoms with Gasteiger partial charge >= 0.3 is 6.18 Å². The molecule has 39 heavy (non-hydrogen) atoms. The number of aliphatic hydroxyl groups excluding tert-OH is 1. The number of sulfonamides is 1. The van der Waals surface area contributed by atoms with Gasteiger partial charge in [0, 0.05) is 11.1 Å². The van der Waals surface area contributed by atoms with Gasteiger partial charge in [-0.1, -0.05) is 42.8 Å². The normalized spacial score (nSPS) is 13.4. The average Bonchev–Trinajstić information content (AvgIpc) is 3.33. The fourth-order valence-corrected chi connectivity index (χ4v) is 5.79. The van der Waals surface area contributed by atoms with Crippen LogP contribution in [0, 0.1) is 0 Å². The van der Waals surface area contributed by atoms with E-state index in [9.17, 15) is 26.7 Å². The zero-order valence-electron chi connectivity index (χ0n) is 20.7. The van der Waals surface area contributed by atoms with Crippen molar-refractivity contribution in [3.63, 3.8) is 0 Å². The number of hydrogen-bond acceptors (Lipinski definition) is 8. The zero-order chi connectivity index (χ0) is 27.8. The van der Waals surface area contributed by atoms with Crippen molar-refractivity contribution in [2.45, 2.75) is 50.4 Å². The highest BCUT2D eigenvalue weighted by molar-refractivity contribution is 7.92. The fraction of sp³-hybridized carbons (Fsp3) is 0.269. The van der Waals surface area contributed by atoms with Crippen LogP contribution in [0.4, 0.5) is 30.4 Å². The van der Waals surface area contributed by atoms with E-state index in [-0.39, 0.29) is 51.5 Å². The Morgan fingerprint density at radius 1 is 1.08 bits per heavy atom. The zero-order valence-corrected chi connectivity index (χ0v) is 21.6. The molecule has 204 valence electrons. The van der Waals surface area contributed by atoms with Gasteiger partial charge in [0.25, 0.3) is 15.9 Å². The molecule has 0 atom stereocenters. The highest BCUT2D eigenvalue weighted by atomic mass is 32.2. The fourth-order valence-electron chi connectivity index (χ4n) is 4.31. The Kier molecular flexibility index (Phi) is 7.03. The predicted molar refractivity (Wildman–Crippen MR) is 137 cm³/mol. The summed E-state index contributed by atoms with van der Waals surface area (Å²) < 4.78 is 74.6. The molecular weight excluding hydrogens is 535 g/mol. The van der Waals surface area contributed by atoms with Gasteiger partial charge in [-0.3, -0.25) is 4.31 Å². The molecule has 1 aliphatic heterocycles. The van der Waals surface area contributed by atoms with Crippen LogP contribution in [0.3, 0.4) is 0 Å². The number of rotatable bonds is 7. The van der Waals surface area contributed by atoms with Crippen LogP contribution < -0.4 is 9.62 Å². The molecule has 0 fully saturated rings. The molecule has 2 aromatic heterocycles. The third-order valence-electron chi connectivity index (χ3n) is 6.30. The number of hydrogen-bond donors (Lipinski definition) is 2. The largest absolute Gasteiger partial charge is 0.433 e. The number of aliphatic hydroxyl groups is 1. The minimum absolute atomic E-state index is 0.00251. The average molecular weight is 560 g/mol. The van der Waals surface area contributed by atoms with Gasteiger partial charge in [0.05, 0.1) is 22.8 Å². The maximum Gasteiger partial charge on any atom is 0.433 e. The summed E-state index contributed by atoms with van der Waals surface area (Å²) in [4.78, 5) is 7.88. The van der Waals surface area contributed by atoms with Gasteiger partial charge < -0.3 is 14.9 Å². The number of unbranched alkanes of at least 4 members (excludes halogenated alkanes) is 1. The van der Waals surface area contributed by atoms with Crippen LogP contribution in [0.15, 0.2) is 64.0 Å². The minimum Gasteiger partial charge on any atom is -0.387 e. The maximum atomic E-state index is 14.1. The molecule has 9 nitrogen and oxygen atoms in total. The highest BCUT2D eigenvalue weighted by Crippen LogP contribution is 2.44. The standard InChI is InChI=1S/C26H24F3N5O4S/c1-2-3-5-16-8-11-18(12-9-16)39(36,37)34-14-17-10-13-21(26(27,28)29)31-24(17)30-20-7-4-6-19(23(20)34)25-32-22(15-35)38-33-25/h4,6-13,35H,2-3,5,14-15H2,1H3,(H,30,31). The summed E-state index contributed by atoms with van der Waals surface area (Å²) in [6, 6.07) is 13.2. The van der Waals surface area contributed by atoms with Gasteiger partial charge in [-0.05, 0) is 48.7 Å². The number of alkyl halides is 3. The number of halogens is 3. The molecule has 4 aromatic rings. The molecule has 0 radical (unpaired) electrons. The molecule has 2 N–H and O–H groups in total. The monoisotopic (exact) mass is 559 g/mol. The quantitative estimate of drug-likeness (QED) is 0.307. The van der Waals surface area contributed by atoms with E-state index in [0.717, 1.165) is 35.2 Å². The van der Waals surface area contributed by atoms with E-state index >= 15 is 0 Å². The first kappa shape index (κ1) is 26.6. The number of aromatic nitrogens is 3. The number of fused-ring (bicyclic) bond motifs is 2. The first-order chi connectivity index (χ1) is 18.6. The van der Waals surface area contributed by atoms with Crippen LogP contribution in [-0.4, -0.2) is 28.6 Å². The van der Waals surface area contributed by atoms with Crippen molar-refractivity contribution in [3.8, 4) is 11.4 Å². The second-order valence-corrected chi connectivity index (χ2v) is 10.8. The number of nitrogens with zero attached hydrogens (tertiary/aromatic N) is 4. The number of benzene rings is 2. The maximum absolute atomic E-state index is 14.1. The molecule has 0 saturated heterocycles. The summed E-state index contributed by atoms with van der Waals surface area (Å²) in [5, 5.41) is 16.1. The van der Waals surface area contributed by atoms with E-state index in [2.05, 4.69) is 27.4 Å². The Morgan fingerprint density at radius 3 is 2.51 bits per heavy atom. The lowest BCUT2D eigenvalue weighted by atomic mass is 10.1. The topological polar surface area (TPSA) is 121 Å². The van der Waals surface area contributed by atoms with Gasteiger partial charge in [-0.2, -0.15) is 18.2 Å². The van der Waals surface area contributed by atoms with Crippen molar-refractivity contribution in [2.75, 3.05) is 9.62 Å². The molecule has 0 saturated carbocycles. The number of nitrogens with one attached hydrogen (secondary N) is 1. The molecule has 2 aromatic carbocycles. The summed E-state index contributed by atoms with van der Waals surface area (Å²) >= 11 is 0. The first-order valence-electron chi connectivity index (χ1n) is 12.1. The van der Waals surface area contributed by atoms with Crippen molar-refractivity contribution in [1.29, 1.82) is 0 Å². The Labute approximate surface area is 222 Å². The van der Waals surface area contributed by atoms with Crippen LogP contribution in [-0.2, 0) is 35.8 Å². The van der Waals surface area contributed by atoms with E-state index in [1.165, 1.54) is 24.3 Å². The van der Waals surface area contributed by atoms with E-state index < -0.39 is 28.5 Å². The van der Waals surface area contributed by atoms with E-state index in [0.29, 0.717) is 0 Å². The van der Waals surface area contributed by atoms with E-state index in [1.54, 1.807) is 24.3 Å². The molecule has 0 unspecified atom stereocenters. The van der Waals surface area contributed by atoms with Gasteiger partial charge in [0.1, 0.15) is 18.1 Å². The number of para-hydroxylation sites is 1. The minimum atomic E-state index is -4.69. The van der Waals surface area contributed by atoms with Crippen LogP contribution in [0.25, 0.3) is 11.4 Å². The number of anilines is 3. The summed E-state index contributed by atoms with van der Waals surface area (Å²) in [6.45, 7) is 1.23. The van der Waals surface area contributed by atoms with Crippen molar-refractivity contribution in [3.05, 3.63) is 77.3 Å². The molecule has 3 heterocycles. The summed E-state index contributed by atoms with van der Waals surface area (Å²) in [6.07, 6.45) is -1.92. The Morgan fingerprint density at radius 2 is 1.85 bits per heavy atom. The molecule has 13 heteroatoms. The highest BCUT2D eigenvalue weighted by Gasteiger charge is 2.36. The third kappa shape index (κ3) is 5.19. The molecular formula is C26H24F3N5O4S. The first-order valence-corrected chi connectivity index (χ1v) is 13.6. The Balaban J connectivity index is 1.68. The van der Waals surface area contributed by atoms with Crippen LogP contribution in [0.5, 0.6) is 0 Å². The Bertz CT molecular complexity index is 1600. The smallest absolute Gasteiger partial charge is 0.387 e. The predicted octanol–water partition coefficient (Wildman–Crippen LogP) is 5.44. The Hall–Kier alpha value is -3.97. The van der Waals surface area contributed by atoms with Gasteiger partial charge in [0.2, 0.25) is 5.82 Å². The molecule has 0 aliphatic carbocycles. The molecule has 0 spiro atoms. The number of pyridine rings is 1. The third-order valence-corrected chi connectivity index (χ3v) is 8.06. The molecule has 5 rings (SSSR count). The van der Waals surface area contributed by atoms with E-state index in [4.69, 9.17) is 4.52 Å². The summed E-state index contributed by atoms with van der Waals surface area (Å²) in [5.41, 5.74) is 0.622. The van der Waals surface area contributed by atoms with Crippen LogP contribution >= 0.6 is 0 Å².